The summed E-state index contributed by atoms with van der Waals surface area (Å²) in [4.78, 5) is 40.9. The van der Waals surface area contributed by atoms with E-state index in [-0.39, 0.29) is 16.4 Å². The van der Waals surface area contributed by atoms with Gasteiger partial charge in [-0.2, -0.15) is 0 Å². The molecular formula is C21H17FN4O3S. The number of hydrogen-bond donors (Lipinski definition) is 2. The van der Waals surface area contributed by atoms with Gasteiger partial charge in [-0.05, 0) is 36.4 Å². The Bertz CT molecular complexity index is 1140. The van der Waals surface area contributed by atoms with Gasteiger partial charge in [0.05, 0.1) is 11.4 Å². The highest BCUT2D eigenvalue weighted by atomic mass is 32.1. The third-order valence-electron chi connectivity index (χ3n) is 3.93. The Hall–Kier alpha value is -3.85. The van der Waals surface area contributed by atoms with E-state index in [1.165, 1.54) is 48.2 Å². The van der Waals surface area contributed by atoms with Crippen LogP contribution in [0.3, 0.4) is 0 Å². The second kappa shape index (κ2) is 9.10. The highest BCUT2D eigenvalue weighted by Crippen LogP contribution is 2.30. The lowest BCUT2D eigenvalue weighted by atomic mass is 10.2. The monoisotopic (exact) mass is 424 g/mol. The Morgan fingerprint density at radius 1 is 1.17 bits per heavy atom. The van der Waals surface area contributed by atoms with Crippen LogP contribution in [0.25, 0.3) is 6.08 Å². The molecule has 3 amide bonds. The molecule has 1 aromatic heterocycles. The van der Waals surface area contributed by atoms with Crippen molar-refractivity contribution in [2.75, 3.05) is 10.2 Å². The fourth-order valence-electron chi connectivity index (χ4n) is 2.59. The topological polar surface area (TPSA) is 105 Å². The van der Waals surface area contributed by atoms with Gasteiger partial charge in [0.15, 0.2) is 5.13 Å². The first-order valence-electron chi connectivity index (χ1n) is 8.75. The zero-order chi connectivity index (χ0) is 21.7. The average Bonchev–Trinajstić information content (AvgIpc) is 3.16. The standard InChI is InChI=1S/C21H17FN4O3S/c1-13(27)26(18-8-3-2-7-17(18)22)21-25-16(12-30-21)9-10-19(28)24-15-6-4-5-14(11-15)20(23)29/h2-12H,1H3,(H2,23,29)(H,24,28). The summed E-state index contributed by atoms with van der Waals surface area (Å²) in [6, 6.07) is 12.1. The number of nitrogens with one attached hydrogen (secondary N) is 1. The first-order valence-corrected chi connectivity index (χ1v) is 9.63. The lowest BCUT2D eigenvalue weighted by molar-refractivity contribution is -0.116. The number of carbonyl (C=O) groups excluding carboxylic acids is 3. The van der Waals surface area contributed by atoms with Crippen LogP contribution in [0.1, 0.15) is 23.0 Å². The van der Waals surface area contributed by atoms with Crippen molar-refractivity contribution >= 4 is 51.6 Å². The summed E-state index contributed by atoms with van der Waals surface area (Å²) in [5.41, 5.74) is 6.45. The van der Waals surface area contributed by atoms with Gasteiger partial charge >= 0.3 is 0 Å². The van der Waals surface area contributed by atoms with Gasteiger partial charge in [-0.3, -0.25) is 19.3 Å². The minimum Gasteiger partial charge on any atom is -0.366 e. The molecule has 1 heterocycles. The minimum atomic E-state index is -0.596. The van der Waals surface area contributed by atoms with E-state index in [0.717, 1.165) is 11.3 Å². The lowest BCUT2D eigenvalue weighted by Gasteiger charge is -2.18. The van der Waals surface area contributed by atoms with Gasteiger partial charge in [0.2, 0.25) is 17.7 Å². The molecule has 0 spiro atoms. The third kappa shape index (κ3) is 4.95. The number of primary amides is 1. The van der Waals surface area contributed by atoms with Crippen LogP contribution < -0.4 is 16.0 Å². The van der Waals surface area contributed by atoms with Gasteiger partial charge < -0.3 is 11.1 Å². The smallest absolute Gasteiger partial charge is 0.248 e. The van der Waals surface area contributed by atoms with Gasteiger partial charge in [-0.25, -0.2) is 9.37 Å². The highest BCUT2D eigenvalue weighted by molar-refractivity contribution is 7.14. The number of hydrogen-bond acceptors (Lipinski definition) is 5. The number of benzene rings is 2. The molecule has 3 N–H and O–H groups in total. The van der Waals surface area contributed by atoms with Crippen LogP contribution in [0, 0.1) is 5.82 Å². The molecular weight excluding hydrogens is 407 g/mol. The number of nitrogens with two attached hydrogens (primary N) is 1. The van der Waals surface area contributed by atoms with E-state index in [9.17, 15) is 18.8 Å². The van der Waals surface area contributed by atoms with Crippen molar-refractivity contribution in [2.24, 2.45) is 5.73 Å². The van der Waals surface area contributed by atoms with Crippen LogP contribution >= 0.6 is 11.3 Å². The maximum atomic E-state index is 14.1. The third-order valence-corrected chi connectivity index (χ3v) is 4.77. The fourth-order valence-corrected chi connectivity index (χ4v) is 3.44. The Morgan fingerprint density at radius 2 is 1.93 bits per heavy atom. The van der Waals surface area contributed by atoms with E-state index in [2.05, 4.69) is 10.3 Å². The molecule has 152 valence electrons. The minimum absolute atomic E-state index is 0.0990. The number of aromatic nitrogens is 1. The molecule has 0 aliphatic heterocycles. The Kier molecular flexibility index (Phi) is 6.33. The largest absolute Gasteiger partial charge is 0.366 e. The average molecular weight is 424 g/mol. The molecule has 0 bridgehead atoms. The summed E-state index contributed by atoms with van der Waals surface area (Å²) in [7, 11) is 0. The molecule has 2 aromatic carbocycles. The number of carbonyl (C=O) groups is 3. The number of nitrogens with zero attached hydrogens (tertiary/aromatic N) is 2. The highest BCUT2D eigenvalue weighted by Gasteiger charge is 2.20. The van der Waals surface area contributed by atoms with E-state index in [4.69, 9.17) is 5.73 Å². The van der Waals surface area contributed by atoms with Crippen LogP contribution in [-0.4, -0.2) is 22.7 Å². The van der Waals surface area contributed by atoms with Crippen LogP contribution in [0.4, 0.5) is 20.9 Å². The summed E-state index contributed by atoms with van der Waals surface area (Å²) in [6.07, 6.45) is 2.73. The summed E-state index contributed by atoms with van der Waals surface area (Å²) >= 11 is 1.14. The molecule has 0 unspecified atom stereocenters. The Labute approximate surface area is 175 Å². The van der Waals surface area contributed by atoms with Gasteiger partial charge in [-0.1, -0.05) is 18.2 Å². The van der Waals surface area contributed by atoms with Crippen molar-refractivity contribution in [3.63, 3.8) is 0 Å². The number of anilines is 3. The Balaban J connectivity index is 1.74. The fraction of sp³-hybridized carbons (Fsp3) is 0.0476. The van der Waals surface area contributed by atoms with Crippen molar-refractivity contribution in [1.29, 1.82) is 0 Å². The van der Waals surface area contributed by atoms with Crippen molar-refractivity contribution < 1.29 is 18.8 Å². The maximum absolute atomic E-state index is 14.1. The number of amides is 3. The molecule has 0 saturated carbocycles. The zero-order valence-corrected chi connectivity index (χ0v) is 16.7. The van der Waals surface area contributed by atoms with Crippen LogP contribution in [-0.2, 0) is 9.59 Å². The van der Waals surface area contributed by atoms with Crippen LogP contribution in [0.15, 0.2) is 60.0 Å². The van der Waals surface area contributed by atoms with Gasteiger partial charge in [0.1, 0.15) is 5.82 Å². The van der Waals surface area contributed by atoms with Crippen LogP contribution in [0.2, 0.25) is 0 Å². The molecule has 3 aromatic rings. The molecule has 30 heavy (non-hydrogen) atoms. The molecule has 0 fully saturated rings. The quantitative estimate of drug-likeness (QED) is 0.588. The van der Waals surface area contributed by atoms with Crippen molar-refractivity contribution in [3.8, 4) is 0 Å². The second-order valence-corrected chi connectivity index (χ2v) is 6.96. The first kappa shape index (κ1) is 20.9. The molecule has 0 saturated heterocycles. The van der Waals surface area contributed by atoms with Gasteiger partial charge in [-0.15, -0.1) is 11.3 Å². The van der Waals surface area contributed by atoms with E-state index >= 15 is 0 Å². The first-order chi connectivity index (χ1) is 14.3. The molecule has 0 aliphatic rings. The van der Waals surface area contributed by atoms with E-state index in [1.54, 1.807) is 29.6 Å². The number of thiazole rings is 1. The van der Waals surface area contributed by atoms with Gasteiger partial charge in [0, 0.05) is 29.6 Å². The maximum Gasteiger partial charge on any atom is 0.248 e. The van der Waals surface area contributed by atoms with Crippen molar-refractivity contribution in [1.82, 2.24) is 4.98 Å². The molecule has 9 heteroatoms. The number of halogens is 1. The predicted molar refractivity (Wildman–Crippen MR) is 114 cm³/mol. The van der Waals surface area contributed by atoms with E-state index in [0.29, 0.717) is 11.4 Å². The van der Waals surface area contributed by atoms with Crippen LogP contribution in [0.5, 0.6) is 0 Å². The Morgan fingerprint density at radius 3 is 2.63 bits per heavy atom. The molecule has 0 aliphatic carbocycles. The predicted octanol–water partition coefficient (Wildman–Crippen LogP) is 3.72. The second-order valence-electron chi connectivity index (χ2n) is 6.13. The van der Waals surface area contributed by atoms with Crippen molar-refractivity contribution in [3.05, 3.63) is 77.1 Å². The summed E-state index contributed by atoms with van der Waals surface area (Å²) in [5, 5.41) is 4.54. The summed E-state index contributed by atoms with van der Waals surface area (Å²) in [5.74, 6) is -1.97. The number of rotatable bonds is 6. The molecule has 0 radical (unpaired) electrons. The summed E-state index contributed by atoms with van der Waals surface area (Å²) < 4.78 is 14.1. The number of para-hydroxylation sites is 1. The van der Waals surface area contributed by atoms with Crippen molar-refractivity contribution in [2.45, 2.75) is 6.92 Å². The normalized spacial score (nSPS) is 10.7. The lowest BCUT2D eigenvalue weighted by Crippen LogP contribution is -2.23. The molecule has 3 rings (SSSR count). The van der Waals surface area contributed by atoms with Gasteiger partial charge in [0.25, 0.3) is 0 Å². The van der Waals surface area contributed by atoms with E-state index in [1.807, 2.05) is 0 Å². The van der Waals surface area contributed by atoms with E-state index < -0.39 is 23.5 Å². The molecule has 0 atom stereocenters. The molecule has 7 nitrogen and oxygen atoms in total. The zero-order valence-electron chi connectivity index (χ0n) is 15.8. The SMILES string of the molecule is CC(=O)N(c1nc(C=CC(=O)Nc2cccc(C(N)=O)c2)cs1)c1ccccc1F. The summed E-state index contributed by atoms with van der Waals surface area (Å²) in [6.45, 7) is 1.32.